The molecule has 0 fully saturated rings. The molecule has 0 bridgehead atoms. The van der Waals surface area contributed by atoms with E-state index < -0.39 is 0 Å². The van der Waals surface area contributed by atoms with Crippen LogP contribution in [0.1, 0.15) is 22.4 Å². The third-order valence-corrected chi connectivity index (χ3v) is 2.94. The van der Waals surface area contributed by atoms with Gasteiger partial charge in [0.1, 0.15) is 0 Å². The standard InChI is InChI=1S/C10H13N3/c1-13-5-9-8-4-11-2-7(8)3-12-10(9)6-13/h3,11H,2,4-6H2,1H3. The summed E-state index contributed by atoms with van der Waals surface area (Å²) in [6, 6.07) is 0. The van der Waals surface area contributed by atoms with Crippen LogP contribution in [0.15, 0.2) is 6.20 Å². The molecule has 13 heavy (non-hydrogen) atoms. The number of aromatic nitrogens is 1. The van der Waals surface area contributed by atoms with E-state index in [9.17, 15) is 0 Å². The van der Waals surface area contributed by atoms with Crippen LogP contribution in [0.5, 0.6) is 0 Å². The van der Waals surface area contributed by atoms with Crippen molar-refractivity contribution in [2.75, 3.05) is 7.05 Å². The number of pyridine rings is 1. The highest BCUT2D eigenvalue weighted by Gasteiger charge is 2.24. The Morgan fingerprint density at radius 1 is 1.31 bits per heavy atom. The molecule has 2 aliphatic heterocycles. The van der Waals surface area contributed by atoms with Crippen molar-refractivity contribution in [2.45, 2.75) is 26.2 Å². The third-order valence-electron chi connectivity index (χ3n) is 2.94. The third kappa shape index (κ3) is 1.01. The molecule has 1 N–H and O–H groups in total. The van der Waals surface area contributed by atoms with Crippen LogP contribution in [-0.4, -0.2) is 16.9 Å². The van der Waals surface area contributed by atoms with Gasteiger partial charge in [-0.3, -0.25) is 9.88 Å². The molecule has 3 heterocycles. The normalized spacial score (nSPS) is 20.4. The van der Waals surface area contributed by atoms with Gasteiger partial charge in [-0.05, 0) is 23.7 Å². The SMILES string of the molecule is CN1Cc2ncc3c(c2C1)CNC3. The first kappa shape index (κ1) is 7.47. The van der Waals surface area contributed by atoms with Crippen LogP contribution in [-0.2, 0) is 26.2 Å². The predicted molar refractivity (Wildman–Crippen MR) is 50.0 cm³/mol. The lowest BCUT2D eigenvalue weighted by molar-refractivity contribution is 0.350. The molecule has 0 aliphatic carbocycles. The Balaban J connectivity index is 2.16. The topological polar surface area (TPSA) is 28.2 Å². The molecule has 2 aliphatic rings. The van der Waals surface area contributed by atoms with Gasteiger partial charge in [0.15, 0.2) is 0 Å². The Bertz CT molecular complexity index is 359. The van der Waals surface area contributed by atoms with Crippen molar-refractivity contribution < 1.29 is 0 Å². The van der Waals surface area contributed by atoms with E-state index in [2.05, 4.69) is 22.2 Å². The van der Waals surface area contributed by atoms with Crippen molar-refractivity contribution in [1.29, 1.82) is 0 Å². The van der Waals surface area contributed by atoms with Gasteiger partial charge in [-0.15, -0.1) is 0 Å². The lowest BCUT2D eigenvalue weighted by Gasteiger charge is -2.04. The summed E-state index contributed by atoms with van der Waals surface area (Å²) in [5.41, 5.74) is 5.67. The summed E-state index contributed by atoms with van der Waals surface area (Å²) in [4.78, 5) is 6.82. The molecule has 0 unspecified atom stereocenters. The first-order chi connectivity index (χ1) is 6.34. The van der Waals surface area contributed by atoms with Crippen LogP contribution in [0.25, 0.3) is 0 Å². The molecule has 3 rings (SSSR count). The first-order valence-electron chi connectivity index (χ1n) is 4.72. The van der Waals surface area contributed by atoms with Crippen LogP contribution in [0.2, 0.25) is 0 Å². The average molecular weight is 175 g/mol. The van der Waals surface area contributed by atoms with Gasteiger partial charge >= 0.3 is 0 Å². The van der Waals surface area contributed by atoms with Gasteiger partial charge in [0.2, 0.25) is 0 Å². The average Bonchev–Trinajstić information content (AvgIpc) is 2.65. The summed E-state index contributed by atoms with van der Waals surface area (Å²) in [5.74, 6) is 0. The van der Waals surface area contributed by atoms with Crippen LogP contribution >= 0.6 is 0 Å². The highest BCUT2D eigenvalue weighted by atomic mass is 15.1. The maximum Gasteiger partial charge on any atom is 0.0592 e. The Hall–Kier alpha value is -0.930. The van der Waals surface area contributed by atoms with Crippen molar-refractivity contribution >= 4 is 0 Å². The van der Waals surface area contributed by atoms with Crippen molar-refractivity contribution in [2.24, 2.45) is 0 Å². The summed E-state index contributed by atoms with van der Waals surface area (Å²) < 4.78 is 0. The van der Waals surface area contributed by atoms with Gasteiger partial charge in [-0.25, -0.2) is 0 Å². The summed E-state index contributed by atoms with van der Waals surface area (Å²) in [6.07, 6.45) is 2.04. The second-order valence-electron chi connectivity index (χ2n) is 3.96. The Kier molecular flexibility index (Phi) is 1.45. The minimum Gasteiger partial charge on any atom is -0.309 e. The molecule has 0 aromatic carbocycles. The van der Waals surface area contributed by atoms with Crippen LogP contribution in [0.4, 0.5) is 0 Å². The van der Waals surface area contributed by atoms with E-state index in [1.807, 2.05) is 6.20 Å². The number of nitrogens with one attached hydrogen (secondary N) is 1. The molecule has 0 spiro atoms. The van der Waals surface area contributed by atoms with Gasteiger partial charge < -0.3 is 5.32 Å². The lowest BCUT2D eigenvalue weighted by Crippen LogP contribution is -2.08. The molecule has 0 saturated heterocycles. The van der Waals surface area contributed by atoms with E-state index in [0.717, 1.165) is 26.2 Å². The van der Waals surface area contributed by atoms with Crippen molar-refractivity contribution in [3.8, 4) is 0 Å². The molecule has 0 radical (unpaired) electrons. The zero-order chi connectivity index (χ0) is 8.84. The Labute approximate surface area is 77.8 Å². The minimum absolute atomic E-state index is 0.999. The van der Waals surface area contributed by atoms with Gasteiger partial charge in [0, 0.05) is 32.4 Å². The molecule has 0 amide bonds. The smallest absolute Gasteiger partial charge is 0.0592 e. The van der Waals surface area contributed by atoms with Crippen molar-refractivity contribution in [1.82, 2.24) is 15.2 Å². The quantitative estimate of drug-likeness (QED) is 0.627. The zero-order valence-electron chi connectivity index (χ0n) is 7.80. The largest absolute Gasteiger partial charge is 0.309 e. The summed E-state index contributed by atoms with van der Waals surface area (Å²) in [5, 5.41) is 3.37. The predicted octanol–water partition coefficient (Wildman–Crippen LogP) is 0.630. The van der Waals surface area contributed by atoms with E-state index in [4.69, 9.17) is 0 Å². The first-order valence-corrected chi connectivity index (χ1v) is 4.72. The summed E-state index contributed by atoms with van der Waals surface area (Å²) >= 11 is 0. The monoisotopic (exact) mass is 175 g/mol. The lowest BCUT2D eigenvalue weighted by atomic mass is 10.1. The fourth-order valence-electron chi connectivity index (χ4n) is 2.28. The molecule has 0 saturated carbocycles. The van der Waals surface area contributed by atoms with Crippen LogP contribution in [0.3, 0.4) is 0 Å². The number of rotatable bonds is 0. The van der Waals surface area contributed by atoms with E-state index >= 15 is 0 Å². The molecule has 0 atom stereocenters. The van der Waals surface area contributed by atoms with Gasteiger partial charge in [-0.2, -0.15) is 0 Å². The maximum atomic E-state index is 4.50. The van der Waals surface area contributed by atoms with Gasteiger partial charge in [0.25, 0.3) is 0 Å². The highest BCUT2D eigenvalue weighted by molar-refractivity contribution is 5.40. The molecule has 1 aromatic heterocycles. The summed E-state index contributed by atoms with van der Waals surface area (Å²) in [6.45, 7) is 4.13. The van der Waals surface area contributed by atoms with Crippen molar-refractivity contribution in [3.63, 3.8) is 0 Å². The molecule has 3 nitrogen and oxygen atoms in total. The number of hydrogen-bond acceptors (Lipinski definition) is 3. The molecular weight excluding hydrogens is 162 g/mol. The fraction of sp³-hybridized carbons (Fsp3) is 0.500. The number of fused-ring (bicyclic) bond motifs is 3. The van der Waals surface area contributed by atoms with E-state index in [1.165, 1.54) is 22.4 Å². The highest BCUT2D eigenvalue weighted by Crippen LogP contribution is 2.27. The Morgan fingerprint density at radius 3 is 3.15 bits per heavy atom. The molecule has 3 heteroatoms. The fourth-order valence-corrected chi connectivity index (χ4v) is 2.28. The zero-order valence-corrected chi connectivity index (χ0v) is 7.80. The number of hydrogen-bond donors (Lipinski definition) is 1. The molecule has 68 valence electrons. The second kappa shape index (κ2) is 2.53. The van der Waals surface area contributed by atoms with E-state index in [1.54, 1.807) is 0 Å². The van der Waals surface area contributed by atoms with Crippen LogP contribution < -0.4 is 5.32 Å². The molecule has 1 aromatic rings. The second-order valence-corrected chi connectivity index (χ2v) is 3.96. The maximum absolute atomic E-state index is 4.50. The van der Waals surface area contributed by atoms with Crippen LogP contribution in [0, 0.1) is 0 Å². The molecular formula is C10H13N3. The van der Waals surface area contributed by atoms with Gasteiger partial charge in [-0.1, -0.05) is 0 Å². The van der Waals surface area contributed by atoms with Crippen molar-refractivity contribution in [3.05, 3.63) is 28.6 Å². The number of nitrogens with zero attached hydrogens (tertiary/aromatic N) is 2. The Morgan fingerprint density at radius 2 is 2.23 bits per heavy atom. The van der Waals surface area contributed by atoms with E-state index in [0.29, 0.717) is 0 Å². The summed E-state index contributed by atoms with van der Waals surface area (Å²) in [7, 11) is 2.15. The minimum atomic E-state index is 0.999. The van der Waals surface area contributed by atoms with E-state index in [-0.39, 0.29) is 0 Å². The van der Waals surface area contributed by atoms with Gasteiger partial charge in [0.05, 0.1) is 5.69 Å².